The predicted molar refractivity (Wildman–Crippen MR) is 75.0 cm³/mol. The molecule has 0 bridgehead atoms. The molecule has 0 spiro atoms. The number of hydrogen-bond acceptors (Lipinski definition) is 5. The molecular formula is C13H19N3O3S. The standard InChI is InChI=1S/C13H19N3O3S/c1-15(2)20(18,19)11-5-6-12(14-7-11)16-8-13(17,9-16)10-3-4-10/h5-7,10,17H,3-4,8-9H2,1-2H3. The fraction of sp³-hybridized carbons (Fsp3) is 0.615. The van der Waals surface area contributed by atoms with Gasteiger partial charge in [-0.2, -0.15) is 0 Å². The Morgan fingerprint density at radius 2 is 2.00 bits per heavy atom. The molecule has 1 aromatic rings. The molecule has 2 aliphatic rings. The van der Waals surface area contributed by atoms with Crippen molar-refractivity contribution in [2.45, 2.75) is 23.3 Å². The molecular weight excluding hydrogens is 278 g/mol. The first-order chi connectivity index (χ1) is 9.33. The molecule has 1 saturated heterocycles. The Labute approximate surface area is 119 Å². The number of aliphatic hydroxyl groups is 1. The predicted octanol–water partition coefficient (Wildman–Crippen LogP) is 0.293. The first-order valence-electron chi connectivity index (χ1n) is 6.69. The molecule has 0 atom stereocenters. The van der Waals surface area contributed by atoms with E-state index in [0.29, 0.717) is 24.8 Å². The van der Waals surface area contributed by atoms with Gasteiger partial charge in [0, 0.05) is 20.3 Å². The molecule has 2 heterocycles. The van der Waals surface area contributed by atoms with E-state index in [-0.39, 0.29) is 4.90 Å². The maximum absolute atomic E-state index is 11.9. The lowest BCUT2D eigenvalue weighted by molar-refractivity contribution is -0.00974. The molecule has 6 nitrogen and oxygen atoms in total. The van der Waals surface area contributed by atoms with Gasteiger partial charge in [-0.3, -0.25) is 0 Å². The maximum Gasteiger partial charge on any atom is 0.244 e. The highest BCUT2D eigenvalue weighted by Gasteiger charge is 2.52. The molecule has 1 saturated carbocycles. The molecule has 2 fully saturated rings. The van der Waals surface area contributed by atoms with Gasteiger partial charge >= 0.3 is 0 Å². The van der Waals surface area contributed by atoms with E-state index in [9.17, 15) is 13.5 Å². The van der Waals surface area contributed by atoms with Crippen molar-refractivity contribution in [3.8, 4) is 0 Å². The molecule has 1 aliphatic carbocycles. The molecule has 3 rings (SSSR count). The Morgan fingerprint density at radius 3 is 2.45 bits per heavy atom. The summed E-state index contributed by atoms with van der Waals surface area (Å²) in [5.41, 5.74) is -0.559. The normalized spacial score (nSPS) is 21.9. The Morgan fingerprint density at radius 1 is 1.35 bits per heavy atom. The van der Waals surface area contributed by atoms with Gasteiger partial charge in [0.1, 0.15) is 16.3 Å². The number of β-amino-alcohol motifs (C(OH)–C–C–N with tert-alkyl or cyclic N) is 1. The minimum atomic E-state index is -3.43. The van der Waals surface area contributed by atoms with E-state index in [1.807, 2.05) is 4.90 Å². The first-order valence-corrected chi connectivity index (χ1v) is 8.13. The van der Waals surface area contributed by atoms with Crippen LogP contribution in [0, 0.1) is 5.92 Å². The highest BCUT2D eigenvalue weighted by molar-refractivity contribution is 7.89. The average molecular weight is 297 g/mol. The van der Waals surface area contributed by atoms with Gasteiger partial charge in [-0.25, -0.2) is 17.7 Å². The van der Waals surface area contributed by atoms with Gasteiger partial charge in [0.2, 0.25) is 10.0 Å². The van der Waals surface area contributed by atoms with Gasteiger partial charge in [0.05, 0.1) is 13.1 Å². The fourth-order valence-electron chi connectivity index (χ4n) is 2.58. The van der Waals surface area contributed by atoms with Crippen molar-refractivity contribution in [3.63, 3.8) is 0 Å². The SMILES string of the molecule is CN(C)S(=O)(=O)c1ccc(N2CC(O)(C3CC3)C2)nc1. The summed E-state index contributed by atoms with van der Waals surface area (Å²) in [6.45, 7) is 1.18. The second-order valence-corrected chi connectivity index (χ2v) is 8.03. The van der Waals surface area contributed by atoms with Crippen LogP contribution >= 0.6 is 0 Å². The second kappa shape index (κ2) is 4.41. The van der Waals surface area contributed by atoms with Crippen LogP contribution in [0.15, 0.2) is 23.2 Å². The van der Waals surface area contributed by atoms with Crippen molar-refractivity contribution in [1.82, 2.24) is 9.29 Å². The summed E-state index contributed by atoms with van der Waals surface area (Å²) in [5, 5.41) is 10.3. The summed E-state index contributed by atoms with van der Waals surface area (Å²) in [7, 11) is -0.442. The fourth-order valence-corrected chi connectivity index (χ4v) is 3.43. The zero-order chi connectivity index (χ0) is 14.5. The quantitative estimate of drug-likeness (QED) is 0.865. The van der Waals surface area contributed by atoms with Crippen LogP contribution in [0.25, 0.3) is 0 Å². The number of rotatable bonds is 4. The van der Waals surface area contributed by atoms with Crippen molar-refractivity contribution in [2.75, 3.05) is 32.1 Å². The molecule has 0 amide bonds. The van der Waals surface area contributed by atoms with Crippen LogP contribution in [0.5, 0.6) is 0 Å². The van der Waals surface area contributed by atoms with E-state index in [4.69, 9.17) is 0 Å². The summed E-state index contributed by atoms with van der Waals surface area (Å²) < 4.78 is 25.0. The number of aromatic nitrogens is 1. The third-order valence-electron chi connectivity index (χ3n) is 4.09. The Hall–Kier alpha value is -1.18. The number of hydrogen-bond donors (Lipinski definition) is 1. The largest absolute Gasteiger partial charge is 0.386 e. The van der Waals surface area contributed by atoms with E-state index in [2.05, 4.69) is 4.98 Å². The first kappa shape index (κ1) is 13.8. The molecule has 1 aliphatic heterocycles. The number of nitrogens with zero attached hydrogens (tertiary/aromatic N) is 3. The van der Waals surface area contributed by atoms with Crippen LogP contribution in [0.3, 0.4) is 0 Å². The molecule has 20 heavy (non-hydrogen) atoms. The van der Waals surface area contributed by atoms with Gasteiger partial charge in [-0.1, -0.05) is 0 Å². The summed E-state index contributed by atoms with van der Waals surface area (Å²) >= 11 is 0. The lowest BCUT2D eigenvalue weighted by Gasteiger charge is -2.47. The molecule has 1 N–H and O–H groups in total. The lowest BCUT2D eigenvalue weighted by Crippen LogP contribution is -2.63. The van der Waals surface area contributed by atoms with E-state index in [1.54, 1.807) is 12.1 Å². The molecule has 0 aromatic carbocycles. The Kier molecular flexibility index (Phi) is 3.04. The summed E-state index contributed by atoms with van der Waals surface area (Å²) in [4.78, 5) is 6.36. The molecule has 0 unspecified atom stereocenters. The van der Waals surface area contributed by atoms with Crippen molar-refractivity contribution in [3.05, 3.63) is 18.3 Å². The van der Waals surface area contributed by atoms with Crippen molar-refractivity contribution < 1.29 is 13.5 Å². The van der Waals surface area contributed by atoms with Crippen LogP contribution in [0.2, 0.25) is 0 Å². The molecule has 110 valence electrons. The molecule has 1 aromatic heterocycles. The van der Waals surface area contributed by atoms with E-state index >= 15 is 0 Å². The van der Waals surface area contributed by atoms with E-state index in [0.717, 1.165) is 12.8 Å². The third-order valence-corrected chi connectivity index (χ3v) is 5.89. The lowest BCUT2D eigenvalue weighted by atomic mass is 9.89. The maximum atomic E-state index is 11.9. The highest BCUT2D eigenvalue weighted by atomic mass is 32.2. The van der Waals surface area contributed by atoms with Gasteiger partial charge in [-0.05, 0) is 30.9 Å². The van der Waals surface area contributed by atoms with Crippen LogP contribution in [0.4, 0.5) is 5.82 Å². The van der Waals surface area contributed by atoms with Crippen LogP contribution in [-0.2, 0) is 10.0 Å². The van der Waals surface area contributed by atoms with Gasteiger partial charge in [0.25, 0.3) is 0 Å². The minimum absolute atomic E-state index is 0.184. The smallest absolute Gasteiger partial charge is 0.244 e. The minimum Gasteiger partial charge on any atom is -0.386 e. The number of sulfonamides is 1. The van der Waals surface area contributed by atoms with E-state index < -0.39 is 15.6 Å². The zero-order valence-corrected chi connectivity index (χ0v) is 12.5. The summed E-state index contributed by atoms with van der Waals surface area (Å²) in [6.07, 6.45) is 3.59. The summed E-state index contributed by atoms with van der Waals surface area (Å²) in [6, 6.07) is 3.26. The Bertz CT molecular complexity index is 602. The van der Waals surface area contributed by atoms with Crippen LogP contribution in [0.1, 0.15) is 12.8 Å². The number of anilines is 1. The second-order valence-electron chi connectivity index (χ2n) is 5.87. The van der Waals surface area contributed by atoms with E-state index in [1.165, 1.54) is 24.6 Å². The van der Waals surface area contributed by atoms with Gasteiger partial charge < -0.3 is 10.0 Å². The van der Waals surface area contributed by atoms with Crippen LogP contribution in [-0.4, -0.2) is 55.6 Å². The average Bonchev–Trinajstić information content (AvgIpc) is 3.19. The van der Waals surface area contributed by atoms with Gasteiger partial charge in [-0.15, -0.1) is 0 Å². The number of pyridine rings is 1. The monoisotopic (exact) mass is 297 g/mol. The van der Waals surface area contributed by atoms with Crippen molar-refractivity contribution in [2.24, 2.45) is 5.92 Å². The van der Waals surface area contributed by atoms with Crippen molar-refractivity contribution in [1.29, 1.82) is 0 Å². The van der Waals surface area contributed by atoms with Gasteiger partial charge in [0.15, 0.2) is 0 Å². The molecule has 0 radical (unpaired) electrons. The van der Waals surface area contributed by atoms with Crippen molar-refractivity contribution >= 4 is 15.8 Å². The Balaban J connectivity index is 1.72. The third kappa shape index (κ3) is 2.19. The van der Waals surface area contributed by atoms with Crippen LogP contribution < -0.4 is 4.90 Å². The summed E-state index contributed by atoms with van der Waals surface area (Å²) in [5.74, 6) is 1.15. The highest BCUT2D eigenvalue weighted by Crippen LogP contribution is 2.45. The zero-order valence-electron chi connectivity index (χ0n) is 11.7. The molecule has 7 heteroatoms. The topological polar surface area (TPSA) is 73.7 Å².